The van der Waals surface area contributed by atoms with E-state index in [4.69, 9.17) is 4.74 Å². The van der Waals surface area contributed by atoms with Gasteiger partial charge in [0.1, 0.15) is 15.6 Å². The zero-order chi connectivity index (χ0) is 14.8. The number of benzene rings is 1. The van der Waals surface area contributed by atoms with E-state index in [0.717, 1.165) is 0 Å². The number of carboxylic acids is 1. The quantitative estimate of drug-likeness (QED) is 0.915. The van der Waals surface area contributed by atoms with E-state index in [1.807, 2.05) is 0 Å². The van der Waals surface area contributed by atoms with Crippen molar-refractivity contribution in [1.82, 2.24) is 0 Å². The molecule has 1 aromatic carbocycles. The molecule has 2 rings (SSSR count). The van der Waals surface area contributed by atoms with Gasteiger partial charge < -0.3 is 9.84 Å². The van der Waals surface area contributed by atoms with E-state index < -0.39 is 21.7 Å². The third kappa shape index (κ3) is 3.12. The Morgan fingerprint density at radius 3 is 2.45 bits per heavy atom. The zero-order valence-corrected chi connectivity index (χ0v) is 12.1. The van der Waals surface area contributed by atoms with Gasteiger partial charge in [-0.25, -0.2) is 8.42 Å². The molecule has 1 saturated heterocycles. The predicted molar refractivity (Wildman–Crippen MR) is 74.7 cm³/mol. The number of methoxy groups -OCH3 is 1. The molecule has 1 unspecified atom stereocenters. The van der Waals surface area contributed by atoms with Gasteiger partial charge in [0.2, 0.25) is 0 Å². The summed E-state index contributed by atoms with van der Waals surface area (Å²) >= 11 is 0. The first-order valence-corrected chi connectivity index (χ1v) is 8.33. The lowest BCUT2D eigenvalue weighted by Crippen LogP contribution is -2.31. The van der Waals surface area contributed by atoms with Crippen molar-refractivity contribution in [3.63, 3.8) is 0 Å². The van der Waals surface area contributed by atoms with E-state index in [1.165, 1.54) is 7.11 Å². The molecule has 20 heavy (non-hydrogen) atoms. The fraction of sp³-hybridized carbons (Fsp3) is 0.500. The highest BCUT2D eigenvalue weighted by Gasteiger charge is 2.36. The van der Waals surface area contributed by atoms with Crippen molar-refractivity contribution in [2.24, 2.45) is 5.92 Å². The fourth-order valence-corrected chi connectivity index (χ4v) is 4.28. The summed E-state index contributed by atoms with van der Waals surface area (Å²) in [4.78, 5) is 11.6. The number of hydrogen-bond acceptors (Lipinski definition) is 4. The highest BCUT2D eigenvalue weighted by molar-refractivity contribution is 7.91. The van der Waals surface area contributed by atoms with Crippen LogP contribution in [-0.2, 0) is 14.6 Å². The maximum absolute atomic E-state index is 11.6. The van der Waals surface area contributed by atoms with Crippen LogP contribution in [0.5, 0.6) is 5.75 Å². The van der Waals surface area contributed by atoms with Crippen molar-refractivity contribution in [2.45, 2.75) is 18.8 Å². The summed E-state index contributed by atoms with van der Waals surface area (Å²) in [7, 11) is -1.49. The van der Waals surface area contributed by atoms with E-state index >= 15 is 0 Å². The molecule has 0 saturated carbocycles. The van der Waals surface area contributed by atoms with Crippen molar-refractivity contribution in [3.05, 3.63) is 29.8 Å². The maximum Gasteiger partial charge on any atom is 0.311 e. The lowest BCUT2D eigenvalue weighted by Gasteiger charge is -2.28. The van der Waals surface area contributed by atoms with Gasteiger partial charge in [0.15, 0.2) is 0 Å². The number of para-hydroxylation sites is 1. The Morgan fingerprint density at radius 2 is 1.90 bits per heavy atom. The summed E-state index contributed by atoms with van der Waals surface area (Å²) < 4.78 is 28.2. The molecular formula is C14H18O5S. The third-order valence-corrected chi connectivity index (χ3v) is 5.53. The van der Waals surface area contributed by atoms with Crippen molar-refractivity contribution < 1.29 is 23.1 Å². The first kappa shape index (κ1) is 14.8. The monoisotopic (exact) mass is 298 g/mol. The van der Waals surface area contributed by atoms with E-state index in [0.29, 0.717) is 24.2 Å². The second-order valence-electron chi connectivity index (χ2n) is 5.05. The summed E-state index contributed by atoms with van der Waals surface area (Å²) in [5.41, 5.74) is 0.617. The predicted octanol–water partition coefficient (Wildman–Crippen LogP) is 1.69. The molecule has 0 aliphatic carbocycles. The molecule has 5 nitrogen and oxygen atoms in total. The Hall–Kier alpha value is -1.56. The van der Waals surface area contributed by atoms with Crippen LogP contribution in [0, 0.1) is 5.92 Å². The number of hydrogen-bond donors (Lipinski definition) is 1. The molecule has 1 aliphatic rings. The summed E-state index contributed by atoms with van der Waals surface area (Å²) in [5.74, 6) is -1.16. The molecule has 1 aromatic rings. The minimum atomic E-state index is -3.00. The average Bonchev–Trinajstić information content (AvgIpc) is 2.41. The zero-order valence-electron chi connectivity index (χ0n) is 11.3. The summed E-state index contributed by atoms with van der Waals surface area (Å²) in [5, 5.41) is 9.52. The van der Waals surface area contributed by atoms with Gasteiger partial charge in [0.05, 0.1) is 24.5 Å². The molecular weight excluding hydrogens is 280 g/mol. The number of rotatable bonds is 4. The second-order valence-corrected chi connectivity index (χ2v) is 7.35. The second kappa shape index (κ2) is 5.83. The van der Waals surface area contributed by atoms with Crippen LogP contribution in [0.4, 0.5) is 0 Å². The van der Waals surface area contributed by atoms with Crippen LogP contribution in [0.15, 0.2) is 24.3 Å². The molecule has 0 radical (unpaired) electrons. The molecule has 1 fully saturated rings. The fourth-order valence-electron chi connectivity index (χ4n) is 2.75. The molecule has 0 bridgehead atoms. The molecule has 110 valence electrons. The van der Waals surface area contributed by atoms with Crippen LogP contribution in [0.3, 0.4) is 0 Å². The van der Waals surface area contributed by atoms with Crippen molar-refractivity contribution in [2.75, 3.05) is 18.6 Å². The highest BCUT2D eigenvalue weighted by atomic mass is 32.2. The Kier molecular flexibility index (Phi) is 4.32. The van der Waals surface area contributed by atoms with Gasteiger partial charge in [-0.15, -0.1) is 0 Å². The number of ether oxygens (including phenoxy) is 1. The Labute approximate surface area is 118 Å². The molecule has 1 heterocycles. The minimum absolute atomic E-state index is 0.0661. The molecule has 0 aromatic heterocycles. The van der Waals surface area contributed by atoms with Gasteiger partial charge in [-0.05, 0) is 24.8 Å². The normalized spacial score (nSPS) is 20.2. The highest BCUT2D eigenvalue weighted by Crippen LogP contribution is 2.37. The van der Waals surface area contributed by atoms with Gasteiger partial charge in [-0.1, -0.05) is 18.2 Å². The van der Waals surface area contributed by atoms with Crippen LogP contribution < -0.4 is 4.74 Å². The Morgan fingerprint density at radius 1 is 1.30 bits per heavy atom. The SMILES string of the molecule is COc1ccccc1C(C(=O)O)C1CCS(=O)(=O)CC1. The topological polar surface area (TPSA) is 80.7 Å². The summed E-state index contributed by atoms with van der Waals surface area (Å²) in [6.45, 7) is 0. The van der Waals surface area contributed by atoms with Crippen LogP contribution in [0.2, 0.25) is 0 Å². The molecule has 1 N–H and O–H groups in total. The standard InChI is InChI=1S/C14H18O5S/c1-19-12-5-3-2-4-11(12)13(14(15)16)10-6-8-20(17,18)9-7-10/h2-5,10,13H,6-9H2,1H3,(H,15,16). The van der Waals surface area contributed by atoms with Gasteiger partial charge in [0, 0.05) is 5.56 Å². The van der Waals surface area contributed by atoms with E-state index in [9.17, 15) is 18.3 Å². The number of aliphatic carboxylic acids is 1. The van der Waals surface area contributed by atoms with Crippen molar-refractivity contribution in [3.8, 4) is 5.75 Å². The smallest absolute Gasteiger partial charge is 0.311 e. The lowest BCUT2D eigenvalue weighted by molar-refractivity contribution is -0.140. The van der Waals surface area contributed by atoms with E-state index in [-0.39, 0.29) is 17.4 Å². The number of sulfone groups is 1. The van der Waals surface area contributed by atoms with E-state index in [1.54, 1.807) is 24.3 Å². The van der Waals surface area contributed by atoms with Crippen LogP contribution >= 0.6 is 0 Å². The van der Waals surface area contributed by atoms with E-state index in [2.05, 4.69) is 0 Å². The van der Waals surface area contributed by atoms with Gasteiger partial charge in [-0.3, -0.25) is 4.79 Å². The molecule has 6 heteroatoms. The lowest BCUT2D eigenvalue weighted by atomic mass is 9.82. The number of carbonyl (C=O) groups is 1. The average molecular weight is 298 g/mol. The Balaban J connectivity index is 2.31. The van der Waals surface area contributed by atoms with Crippen molar-refractivity contribution in [1.29, 1.82) is 0 Å². The first-order chi connectivity index (χ1) is 9.44. The van der Waals surface area contributed by atoms with Gasteiger partial charge in [0.25, 0.3) is 0 Å². The largest absolute Gasteiger partial charge is 0.496 e. The summed E-state index contributed by atoms with van der Waals surface area (Å²) in [6.07, 6.45) is 0.773. The van der Waals surface area contributed by atoms with Crippen molar-refractivity contribution >= 4 is 15.8 Å². The van der Waals surface area contributed by atoms with Crippen LogP contribution in [0.25, 0.3) is 0 Å². The first-order valence-electron chi connectivity index (χ1n) is 6.51. The number of carboxylic acid groups (broad SMARTS) is 1. The minimum Gasteiger partial charge on any atom is -0.496 e. The van der Waals surface area contributed by atoms with Crippen LogP contribution in [0.1, 0.15) is 24.3 Å². The third-order valence-electron chi connectivity index (χ3n) is 3.81. The molecule has 1 aliphatic heterocycles. The molecule has 0 amide bonds. The van der Waals surface area contributed by atoms with Gasteiger partial charge in [-0.2, -0.15) is 0 Å². The summed E-state index contributed by atoms with van der Waals surface area (Å²) in [6, 6.07) is 7.02. The van der Waals surface area contributed by atoms with Crippen LogP contribution in [-0.4, -0.2) is 38.1 Å². The molecule has 0 spiro atoms. The van der Waals surface area contributed by atoms with Gasteiger partial charge >= 0.3 is 5.97 Å². The molecule has 1 atom stereocenters. The maximum atomic E-state index is 11.6. The Bertz CT molecular complexity index is 579.